The number of hydrogen-bond acceptors (Lipinski definition) is 5. The van der Waals surface area contributed by atoms with E-state index in [9.17, 15) is 0 Å². The van der Waals surface area contributed by atoms with E-state index in [-0.39, 0.29) is 0 Å². The smallest absolute Gasteiger partial charge is 0.142 e. The molecule has 6 nitrogen and oxygen atoms in total. The van der Waals surface area contributed by atoms with Gasteiger partial charge in [0.25, 0.3) is 0 Å². The zero-order chi connectivity index (χ0) is 16.5. The van der Waals surface area contributed by atoms with Gasteiger partial charge in [-0.25, -0.2) is 9.97 Å². The molecule has 0 amide bonds. The van der Waals surface area contributed by atoms with Crippen LogP contribution in [0.25, 0.3) is 11.0 Å². The van der Waals surface area contributed by atoms with Crippen molar-refractivity contribution in [3.05, 3.63) is 18.6 Å². The van der Waals surface area contributed by atoms with Crippen LogP contribution in [0.15, 0.2) is 23.6 Å². The van der Waals surface area contributed by atoms with Gasteiger partial charge in [0.2, 0.25) is 0 Å². The van der Waals surface area contributed by atoms with Gasteiger partial charge in [-0.2, -0.15) is 0 Å². The lowest BCUT2D eigenvalue weighted by atomic mass is 10.0. The van der Waals surface area contributed by atoms with Gasteiger partial charge in [0.15, 0.2) is 0 Å². The molecule has 1 N–H and O–H groups in total. The van der Waals surface area contributed by atoms with Gasteiger partial charge in [-0.1, -0.05) is 0 Å². The summed E-state index contributed by atoms with van der Waals surface area (Å²) < 4.78 is 0. The summed E-state index contributed by atoms with van der Waals surface area (Å²) in [4.78, 5) is 21.0. The number of rotatable bonds is 6. The van der Waals surface area contributed by atoms with E-state index in [1.165, 1.54) is 32.5 Å². The molecule has 0 radical (unpaired) electrons. The quantitative estimate of drug-likeness (QED) is 0.653. The zero-order valence-corrected chi connectivity index (χ0v) is 14.4. The minimum absolute atomic E-state index is 0.588. The number of likely N-dealkylation sites (tertiary alicyclic amines) is 1. The maximum Gasteiger partial charge on any atom is 0.142 e. The van der Waals surface area contributed by atoms with Gasteiger partial charge >= 0.3 is 0 Å². The van der Waals surface area contributed by atoms with E-state index in [1.807, 2.05) is 6.20 Å². The van der Waals surface area contributed by atoms with Gasteiger partial charge in [-0.05, 0) is 50.4 Å². The Kier molecular flexibility index (Phi) is 4.22. The topological polar surface area (TPSA) is 60.4 Å². The van der Waals surface area contributed by atoms with Crippen LogP contribution in [0, 0.1) is 11.8 Å². The minimum atomic E-state index is 0.588. The lowest BCUT2D eigenvalue weighted by Crippen LogP contribution is -2.33. The van der Waals surface area contributed by atoms with Gasteiger partial charge in [0.1, 0.15) is 17.8 Å². The lowest BCUT2D eigenvalue weighted by Gasteiger charge is -2.27. The van der Waals surface area contributed by atoms with Crippen molar-refractivity contribution in [2.24, 2.45) is 16.8 Å². The summed E-state index contributed by atoms with van der Waals surface area (Å²) in [5.74, 6) is 2.72. The van der Waals surface area contributed by atoms with Gasteiger partial charge in [-0.3, -0.25) is 0 Å². The molecule has 0 bridgehead atoms. The molecule has 4 rings (SSSR count). The first kappa shape index (κ1) is 15.6. The molecule has 1 aliphatic heterocycles. The minimum Gasteiger partial charge on any atom is -0.356 e. The average molecular weight is 326 g/mol. The molecule has 2 aliphatic rings. The Labute approximate surface area is 143 Å². The first-order valence-corrected chi connectivity index (χ1v) is 8.92. The fourth-order valence-corrected chi connectivity index (χ4v) is 4.58. The molecular weight excluding hydrogens is 300 g/mol. The second-order valence-corrected chi connectivity index (χ2v) is 7.25. The van der Waals surface area contributed by atoms with Crippen LogP contribution >= 0.6 is 0 Å². The Morgan fingerprint density at radius 2 is 2.12 bits per heavy atom. The second kappa shape index (κ2) is 6.51. The zero-order valence-electron chi connectivity index (χ0n) is 14.4. The molecule has 1 saturated carbocycles. The molecule has 3 atom stereocenters. The molecule has 3 heterocycles. The van der Waals surface area contributed by atoms with Crippen molar-refractivity contribution in [1.82, 2.24) is 19.9 Å². The number of aliphatic imine (C=N–C) groups is 1. The van der Waals surface area contributed by atoms with Gasteiger partial charge in [0.05, 0.1) is 5.39 Å². The van der Waals surface area contributed by atoms with Crippen LogP contribution in [0.2, 0.25) is 0 Å². The maximum atomic E-state index is 4.55. The van der Waals surface area contributed by atoms with Crippen LogP contribution in [0.4, 0.5) is 5.82 Å². The summed E-state index contributed by atoms with van der Waals surface area (Å²) in [7, 11) is 2.19. The average Bonchev–Trinajstić information content (AvgIpc) is 3.27. The van der Waals surface area contributed by atoms with E-state index >= 15 is 0 Å². The Morgan fingerprint density at radius 1 is 1.33 bits per heavy atom. The molecule has 2 fully saturated rings. The summed E-state index contributed by atoms with van der Waals surface area (Å²) in [5, 5.41) is 1.12. The van der Waals surface area contributed by atoms with E-state index in [0.717, 1.165) is 41.7 Å². The summed E-state index contributed by atoms with van der Waals surface area (Å²) in [5.41, 5.74) is 0.923. The van der Waals surface area contributed by atoms with Crippen LogP contribution in [-0.2, 0) is 0 Å². The van der Waals surface area contributed by atoms with Crippen molar-refractivity contribution >= 4 is 23.6 Å². The largest absolute Gasteiger partial charge is 0.356 e. The molecule has 0 aromatic carbocycles. The Balaban J connectivity index is 1.40. The highest BCUT2D eigenvalue weighted by atomic mass is 15.2. The van der Waals surface area contributed by atoms with Gasteiger partial charge in [0, 0.05) is 38.9 Å². The standard InChI is InChI=1S/C18H26N6/c1-19-5-3-7-24-10-13-8-15(9-14(13)11-24)23(2)18-16-4-6-20-17(16)21-12-22-18/h4,6,12-15H,1,3,5,7-11H2,2H3,(H,20,21,22)/t13-,14?,15-/m0/s1. The second-order valence-electron chi connectivity index (χ2n) is 7.25. The number of H-pyrrole nitrogens is 1. The predicted octanol–water partition coefficient (Wildman–Crippen LogP) is 2.20. The van der Waals surface area contributed by atoms with Crippen molar-refractivity contribution in [3.8, 4) is 0 Å². The van der Waals surface area contributed by atoms with Crippen LogP contribution in [-0.4, -0.2) is 65.8 Å². The van der Waals surface area contributed by atoms with Crippen LogP contribution in [0.1, 0.15) is 19.3 Å². The predicted molar refractivity (Wildman–Crippen MR) is 97.8 cm³/mol. The molecule has 0 spiro atoms. The molecular formula is C18H26N6. The van der Waals surface area contributed by atoms with E-state index in [2.05, 4.69) is 49.6 Å². The highest BCUT2D eigenvalue weighted by Gasteiger charge is 2.42. The Hall–Kier alpha value is -1.95. The van der Waals surface area contributed by atoms with E-state index < -0.39 is 0 Å². The number of aromatic nitrogens is 3. The van der Waals surface area contributed by atoms with Crippen molar-refractivity contribution in [2.45, 2.75) is 25.3 Å². The number of anilines is 1. The molecule has 2 aromatic rings. The third kappa shape index (κ3) is 2.79. The van der Waals surface area contributed by atoms with E-state index in [1.54, 1.807) is 6.33 Å². The fraction of sp³-hybridized carbons (Fsp3) is 0.611. The van der Waals surface area contributed by atoms with Crippen LogP contribution in [0.5, 0.6) is 0 Å². The summed E-state index contributed by atoms with van der Waals surface area (Å²) in [6, 6.07) is 2.66. The number of nitrogens with zero attached hydrogens (tertiary/aromatic N) is 5. The van der Waals surface area contributed by atoms with E-state index in [0.29, 0.717) is 6.04 Å². The first-order chi connectivity index (χ1) is 11.8. The molecule has 128 valence electrons. The number of fused-ring (bicyclic) bond motifs is 2. The first-order valence-electron chi connectivity index (χ1n) is 8.92. The molecule has 6 heteroatoms. The normalized spacial score (nSPS) is 26.8. The summed E-state index contributed by atoms with van der Waals surface area (Å²) >= 11 is 0. The number of hydrogen-bond donors (Lipinski definition) is 1. The van der Waals surface area contributed by atoms with Crippen molar-refractivity contribution in [2.75, 3.05) is 38.1 Å². The van der Waals surface area contributed by atoms with Gasteiger partial charge in [-0.15, -0.1) is 0 Å². The Bertz CT molecular complexity index is 696. The summed E-state index contributed by atoms with van der Waals surface area (Å²) in [6.45, 7) is 8.12. The van der Waals surface area contributed by atoms with Crippen molar-refractivity contribution < 1.29 is 0 Å². The third-order valence-corrected chi connectivity index (χ3v) is 5.81. The van der Waals surface area contributed by atoms with Crippen LogP contribution in [0.3, 0.4) is 0 Å². The summed E-state index contributed by atoms with van der Waals surface area (Å²) in [6.07, 6.45) is 7.28. The number of aromatic amines is 1. The lowest BCUT2D eigenvalue weighted by molar-refractivity contribution is 0.304. The van der Waals surface area contributed by atoms with Crippen molar-refractivity contribution in [3.63, 3.8) is 0 Å². The van der Waals surface area contributed by atoms with Crippen molar-refractivity contribution in [1.29, 1.82) is 0 Å². The molecule has 1 aliphatic carbocycles. The molecule has 1 unspecified atom stereocenters. The SMILES string of the molecule is C=NCCCN1CC2C[C@@H](N(C)c3ncnc4[nH]ccc34)C[C@H]2C1. The number of nitrogens with one attached hydrogen (secondary N) is 1. The van der Waals surface area contributed by atoms with E-state index in [4.69, 9.17) is 0 Å². The molecule has 1 saturated heterocycles. The fourth-order valence-electron chi connectivity index (χ4n) is 4.58. The highest BCUT2D eigenvalue weighted by Crippen LogP contribution is 2.41. The highest BCUT2D eigenvalue weighted by molar-refractivity contribution is 5.87. The van der Waals surface area contributed by atoms with Crippen LogP contribution < -0.4 is 4.90 Å². The molecule has 24 heavy (non-hydrogen) atoms. The Morgan fingerprint density at radius 3 is 2.88 bits per heavy atom. The maximum absolute atomic E-state index is 4.55. The molecule has 2 aromatic heterocycles. The monoisotopic (exact) mass is 326 g/mol. The van der Waals surface area contributed by atoms with Gasteiger partial charge < -0.3 is 19.8 Å². The third-order valence-electron chi connectivity index (χ3n) is 5.81.